The van der Waals surface area contributed by atoms with Crippen LogP contribution in [-0.4, -0.2) is 43.6 Å². The number of piperazine rings is 1. The molecule has 17 heavy (non-hydrogen) atoms. The first-order valence-corrected chi connectivity index (χ1v) is 5.73. The van der Waals surface area contributed by atoms with Crippen LogP contribution in [0.5, 0.6) is 5.75 Å². The molecular formula is C12H17N3O2. The first-order valence-electron chi connectivity index (χ1n) is 5.73. The number of nitrogens with zero attached hydrogens (tertiary/aromatic N) is 1. The van der Waals surface area contributed by atoms with Crippen molar-refractivity contribution in [3.63, 3.8) is 0 Å². The highest BCUT2D eigenvalue weighted by Gasteiger charge is 2.16. The Morgan fingerprint density at radius 1 is 1.35 bits per heavy atom. The summed E-state index contributed by atoms with van der Waals surface area (Å²) in [4.78, 5) is 13.6. The second-order valence-corrected chi connectivity index (χ2v) is 3.96. The molecule has 1 aliphatic rings. The zero-order chi connectivity index (χ0) is 12.1. The van der Waals surface area contributed by atoms with Crippen molar-refractivity contribution in [1.29, 1.82) is 0 Å². The number of hydrogen-bond donors (Lipinski definition) is 2. The van der Waals surface area contributed by atoms with E-state index in [1.54, 1.807) is 17.0 Å². The molecule has 1 aromatic carbocycles. The van der Waals surface area contributed by atoms with Gasteiger partial charge in [-0.05, 0) is 12.1 Å². The van der Waals surface area contributed by atoms with Crippen molar-refractivity contribution < 1.29 is 9.53 Å². The van der Waals surface area contributed by atoms with Crippen molar-refractivity contribution in [2.24, 2.45) is 0 Å². The van der Waals surface area contributed by atoms with Gasteiger partial charge in [0.25, 0.3) is 5.91 Å². The van der Waals surface area contributed by atoms with E-state index in [1.165, 1.54) is 0 Å². The van der Waals surface area contributed by atoms with E-state index in [0.717, 1.165) is 26.2 Å². The molecule has 1 aliphatic heterocycles. The van der Waals surface area contributed by atoms with Gasteiger partial charge in [-0.3, -0.25) is 4.79 Å². The van der Waals surface area contributed by atoms with Crippen LogP contribution in [0.2, 0.25) is 0 Å². The molecule has 92 valence electrons. The lowest BCUT2D eigenvalue weighted by Crippen LogP contribution is -2.47. The molecular weight excluding hydrogens is 218 g/mol. The second kappa shape index (κ2) is 5.54. The molecule has 0 aliphatic carbocycles. The van der Waals surface area contributed by atoms with Gasteiger partial charge < -0.3 is 20.7 Å². The van der Waals surface area contributed by atoms with Gasteiger partial charge in [0.15, 0.2) is 6.61 Å². The number of benzene rings is 1. The third-order valence-electron chi connectivity index (χ3n) is 2.74. The summed E-state index contributed by atoms with van der Waals surface area (Å²) < 4.78 is 5.42. The number of carbonyl (C=O) groups is 1. The van der Waals surface area contributed by atoms with Gasteiger partial charge in [0.05, 0.1) is 5.69 Å². The Morgan fingerprint density at radius 3 is 2.76 bits per heavy atom. The minimum atomic E-state index is 0.00903. The fourth-order valence-electron chi connectivity index (χ4n) is 1.76. The van der Waals surface area contributed by atoms with E-state index in [0.29, 0.717) is 11.4 Å². The van der Waals surface area contributed by atoms with Crippen LogP contribution in [0.4, 0.5) is 5.69 Å². The van der Waals surface area contributed by atoms with Crippen LogP contribution in [0.15, 0.2) is 24.3 Å². The molecule has 1 fully saturated rings. The fraction of sp³-hybridized carbons (Fsp3) is 0.417. The fourth-order valence-corrected chi connectivity index (χ4v) is 1.76. The number of anilines is 1. The number of amides is 1. The standard InChI is InChI=1S/C12H17N3O2/c13-10-3-1-2-4-11(10)17-9-12(16)15-7-5-14-6-8-15/h1-4,14H,5-9,13H2. The van der Waals surface area contributed by atoms with Crippen molar-refractivity contribution in [1.82, 2.24) is 10.2 Å². The van der Waals surface area contributed by atoms with Gasteiger partial charge in [0.1, 0.15) is 5.75 Å². The topological polar surface area (TPSA) is 67.6 Å². The second-order valence-electron chi connectivity index (χ2n) is 3.96. The van der Waals surface area contributed by atoms with Crippen molar-refractivity contribution in [3.8, 4) is 5.75 Å². The van der Waals surface area contributed by atoms with Crippen LogP contribution in [0.3, 0.4) is 0 Å². The van der Waals surface area contributed by atoms with Crippen molar-refractivity contribution in [2.75, 3.05) is 38.5 Å². The van der Waals surface area contributed by atoms with E-state index in [4.69, 9.17) is 10.5 Å². The number of nitrogens with one attached hydrogen (secondary N) is 1. The smallest absolute Gasteiger partial charge is 0.260 e. The highest BCUT2D eigenvalue weighted by Crippen LogP contribution is 2.19. The molecule has 5 nitrogen and oxygen atoms in total. The summed E-state index contributed by atoms with van der Waals surface area (Å²) in [5.41, 5.74) is 6.28. The number of nitrogens with two attached hydrogens (primary N) is 1. The third kappa shape index (κ3) is 3.10. The SMILES string of the molecule is Nc1ccccc1OCC(=O)N1CCNCC1. The molecule has 0 spiro atoms. The summed E-state index contributed by atoms with van der Waals surface area (Å²) in [6, 6.07) is 7.19. The first-order chi connectivity index (χ1) is 8.27. The number of nitrogen functional groups attached to an aromatic ring is 1. The predicted molar refractivity (Wildman–Crippen MR) is 65.8 cm³/mol. The minimum Gasteiger partial charge on any atom is -0.482 e. The molecule has 3 N–H and O–H groups in total. The largest absolute Gasteiger partial charge is 0.482 e. The summed E-state index contributed by atoms with van der Waals surface area (Å²) in [7, 11) is 0. The minimum absolute atomic E-state index is 0.00903. The number of rotatable bonds is 3. The van der Waals surface area contributed by atoms with Gasteiger partial charge in [-0.1, -0.05) is 12.1 Å². The van der Waals surface area contributed by atoms with E-state index in [-0.39, 0.29) is 12.5 Å². The van der Waals surface area contributed by atoms with E-state index in [9.17, 15) is 4.79 Å². The predicted octanol–water partition coefficient (Wildman–Crippen LogP) is 0.0794. The Morgan fingerprint density at radius 2 is 2.06 bits per heavy atom. The van der Waals surface area contributed by atoms with Crippen LogP contribution in [0.1, 0.15) is 0 Å². The van der Waals surface area contributed by atoms with Gasteiger partial charge in [0, 0.05) is 26.2 Å². The van der Waals surface area contributed by atoms with E-state index >= 15 is 0 Å². The Balaban J connectivity index is 1.85. The summed E-state index contributed by atoms with van der Waals surface area (Å²) >= 11 is 0. The molecule has 2 rings (SSSR count). The first kappa shape index (κ1) is 11.7. The Kier molecular flexibility index (Phi) is 3.82. The van der Waals surface area contributed by atoms with E-state index in [2.05, 4.69) is 5.32 Å². The number of ether oxygens (including phenoxy) is 1. The summed E-state index contributed by atoms with van der Waals surface area (Å²) in [6.45, 7) is 3.23. The monoisotopic (exact) mass is 235 g/mol. The van der Waals surface area contributed by atoms with Gasteiger partial charge in [-0.25, -0.2) is 0 Å². The van der Waals surface area contributed by atoms with E-state index < -0.39 is 0 Å². The lowest BCUT2D eigenvalue weighted by molar-refractivity contribution is -0.133. The Hall–Kier alpha value is -1.75. The molecule has 1 aromatic rings. The maximum absolute atomic E-state index is 11.8. The molecule has 1 amide bonds. The van der Waals surface area contributed by atoms with Crippen molar-refractivity contribution in [2.45, 2.75) is 0 Å². The van der Waals surface area contributed by atoms with Gasteiger partial charge in [-0.15, -0.1) is 0 Å². The number of hydrogen-bond acceptors (Lipinski definition) is 4. The Bertz CT molecular complexity index is 389. The van der Waals surface area contributed by atoms with Crippen molar-refractivity contribution >= 4 is 11.6 Å². The van der Waals surface area contributed by atoms with Crippen LogP contribution in [0.25, 0.3) is 0 Å². The van der Waals surface area contributed by atoms with Gasteiger partial charge in [0.2, 0.25) is 0 Å². The summed E-state index contributed by atoms with van der Waals surface area (Å²) in [5, 5.41) is 3.20. The molecule has 1 heterocycles. The number of carbonyl (C=O) groups excluding carboxylic acids is 1. The van der Waals surface area contributed by atoms with Crippen molar-refractivity contribution in [3.05, 3.63) is 24.3 Å². The average molecular weight is 235 g/mol. The molecule has 5 heteroatoms. The summed E-state index contributed by atoms with van der Waals surface area (Å²) in [6.07, 6.45) is 0. The van der Waals surface area contributed by atoms with Crippen LogP contribution < -0.4 is 15.8 Å². The lowest BCUT2D eigenvalue weighted by Gasteiger charge is -2.27. The molecule has 0 unspecified atom stereocenters. The normalized spacial score (nSPS) is 15.6. The highest BCUT2D eigenvalue weighted by molar-refractivity contribution is 5.78. The zero-order valence-electron chi connectivity index (χ0n) is 9.69. The van der Waals surface area contributed by atoms with Crippen LogP contribution in [-0.2, 0) is 4.79 Å². The third-order valence-corrected chi connectivity index (χ3v) is 2.74. The quantitative estimate of drug-likeness (QED) is 0.728. The lowest BCUT2D eigenvalue weighted by atomic mass is 10.3. The number of para-hydroxylation sites is 2. The maximum atomic E-state index is 11.8. The molecule has 1 saturated heterocycles. The summed E-state index contributed by atoms with van der Waals surface area (Å²) in [5.74, 6) is 0.575. The highest BCUT2D eigenvalue weighted by atomic mass is 16.5. The van der Waals surface area contributed by atoms with Crippen LogP contribution >= 0.6 is 0 Å². The molecule has 0 atom stereocenters. The van der Waals surface area contributed by atoms with Gasteiger partial charge >= 0.3 is 0 Å². The maximum Gasteiger partial charge on any atom is 0.260 e. The van der Waals surface area contributed by atoms with Crippen LogP contribution in [0, 0.1) is 0 Å². The molecule has 0 bridgehead atoms. The average Bonchev–Trinajstić information content (AvgIpc) is 2.38. The van der Waals surface area contributed by atoms with E-state index in [1.807, 2.05) is 12.1 Å². The molecule has 0 radical (unpaired) electrons. The Labute approximate surface area is 101 Å². The van der Waals surface area contributed by atoms with Gasteiger partial charge in [-0.2, -0.15) is 0 Å². The molecule has 0 saturated carbocycles. The molecule has 0 aromatic heterocycles. The zero-order valence-corrected chi connectivity index (χ0v) is 9.69.